The summed E-state index contributed by atoms with van der Waals surface area (Å²) in [4.78, 5) is 0. The minimum atomic E-state index is -0.0984. The summed E-state index contributed by atoms with van der Waals surface area (Å²) in [5.74, 6) is 0.652. The van der Waals surface area contributed by atoms with E-state index in [1.54, 1.807) is 0 Å². The molecule has 1 heterocycles. The Morgan fingerprint density at radius 1 is 1.50 bits per heavy atom. The van der Waals surface area contributed by atoms with Crippen molar-refractivity contribution in [2.45, 2.75) is 19.4 Å². The van der Waals surface area contributed by atoms with Crippen LogP contribution in [0.5, 0.6) is 0 Å². The predicted octanol–water partition coefficient (Wildman–Crippen LogP) is -0.0233. The molecule has 2 heteroatoms. The number of nitrogens with one attached hydrogen (secondary N) is 1. The van der Waals surface area contributed by atoms with Crippen LogP contribution in [0.15, 0.2) is 0 Å². The first-order chi connectivity index (χ1) is 3.79. The first-order valence-electron chi connectivity index (χ1n) is 3.18. The third-order valence-corrected chi connectivity index (χ3v) is 1.55. The fourth-order valence-electron chi connectivity index (χ4n) is 1.13. The van der Waals surface area contributed by atoms with E-state index in [1.165, 1.54) is 0 Å². The van der Waals surface area contributed by atoms with Gasteiger partial charge in [-0.05, 0) is 18.9 Å². The zero-order chi connectivity index (χ0) is 5.98. The van der Waals surface area contributed by atoms with Crippen LogP contribution in [0.4, 0.5) is 0 Å². The molecule has 0 aromatic rings. The Balaban J connectivity index is 2.23. The van der Waals surface area contributed by atoms with Gasteiger partial charge in [-0.15, -0.1) is 0 Å². The van der Waals surface area contributed by atoms with Crippen molar-refractivity contribution >= 4 is 0 Å². The van der Waals surface area contributed by atoms with Crippen molar-refractivity contribution in [2.75, 3.05) is 13.1 Å². The fraction of sp³-hybridized carbons (Fsp3) is 1.00. The normalized spacial score (nSPS) is 39.8. The molecule has 0 radical (unpaired) electrons. The largest absolute Gasteiger partial charge is 0.392 e. The minimum absolute atomic E-state index is 0.0984. The molecule has 0 aliphatic carbocycles. The lowest BCUT2D eigenvalue weighted by Crippen LogP contribution is -2.38. The van der Waals surface area contributed by atoms with Crippen molar-refractivity contribution in [3.05, 3.63) is 0 Å². The van der Waals surface area contributed by atoms with Crippen molar-refractivity contribution in [3.63, 3.8) is 0 Å². The molecule has 1 unspecified atom stereocenters. The molecule has 2 atom stereocenters. The molecular formula is C6H13NO. The van der Waals surface area contributed by atoms with Gasteiger partial charge in [0, 0.05) is 6.54 Å². The first-order valence-corrected chi connectivity index (χ1v) is 3.18. The molecule has 0 saturated carbocycles. The molecule has 1 aliphatic rings. The first kappa shape index (κ1) is 6.05. The molecule has 2 nitrogen and oxygen atoms in total. The summed E-state index contributed by atoms with van der Waals surface area (Å²) in [6.07, 6.45) is 0.867. The van der Waals surface area contributed by atoms with E-state index in [1.807, 2.05) is 0 Å². The van der Waals surface area contributed by atoms with Gasteiger partial charge in [0.25, 0.3) is 0 Å². The van der Waals surface area contributed by atoms with E-state index < -0.39 is 0 Å². The van der Waals surface area contributed by atoms with E-state index >= 15 is 0 Å². The van der Waals surface area contributed by atoms with Gasteiger partial charge >= 0.3 is 0 Å². The fourth-order valence-corrected chi connectivity index (χ4v) is 1.13. The third kappa shape index (κ3) is 1.46. The van der Waals surface area contributed by atoms with Crippen LogP contribution >= 0.6 is 0 Å². The van der Waals surface area contributed by atoms with E-state index in [9.17, 15) is 0 Å². The van der Waals surface area contributed by atoms with Crippen LogP contribution < -0.4 is 5.32 Å². The van der Waals surface area contributed by atoms with Gasteiger partial charge < -0.3 is 10.4 Å². The molecule has 0 aromatic carbocycles. The molecule has 2 N–H and O–H groups in total. The van der Waals surface area contributed by atoms with E-state index in [2.05, 4.69) is 12.2 Å². The SMILES string of the molecule is CC1CNC[C@H](O)C1. The van der Waals surface area contributed by atoms with Crippen molar-refractivity contribution in [2.24, 2.45) is 5.92 Å². The summed E-state index contributed by atoms with van der Waals surface area (Å²) in [5.41, 5.74) is 0. The third-order valence-electron chi connectivity index (χ3n) is 1.55. The lowest BCUT2D eigenvalue weighted by atomic mass is 10.0. The summed E-state index contributed by atoms with van der Waals surface area (Å²) < 4.78 is 0. The number of hydrogen-bond acceptors (Lipinski definition) is 2. The summed E-state index contributed by atoms with van der Waals surface area (Å²) in [5, 5.41) is 12.2. The van der Waals surface area contributed by atoms with Crippen molar-refractivity contribution in [1.29, 1.82) is 0 Å². The molecule has 1 aliphatic heterocycles. The molecule has 1 saturated heterocycles. The van der Waals surface area contributed by atoms with Crippen LogP contribution in [0, 0.1) is 5.92 Å². The van der Waals surface area contributed by atoms with Gasteiger partial charge in [-0.1, -0.05) is 6.92 Å². The van der Waals surface area contributed by atoms with Crippen molar-refractivity contribution in [1.82, 2.24) is 5.32 Å². The highest BCUT2D eigenvalue weighted by molar-refractivity contribution is 4.71. The van der Waals surface area contributed by atoms with E-state index in [4.69, 9.17) is 5.11 Å². The molecule has 0 bridgehead atoms. The van der Waals surface area contributed by atoms with E-state index in [0.717, 1.165) is 19.5 Å². The second-order valence-electron chi connectivity index (χ2n) is 2.65. The van der Waals surface area contributed by atoms with E-state index in [0.29, 0.717) is 5.92 Å². The van der Waals surface area contributed by atoms with Gasteiger partial charge in [0.15, 0.2) is 0 Å². The van der Waals surface area contributed by atoms with Gasteiger partial charge in [0.2, 0.25) is 0 Å². The summed E-state index contributed by atoms with van der Waals surface area (Å²) in [6, 6.07) is 0. The molecular weight excluding hydrogens is 102 g/mol. The highest BCUT2D eigenvalue weighted by Gasteiger charge is 2.14. The van der Waals surface area contributed by atoms with E-state index in [-0.39, 0.29) is 6.10 Å². The van der Waals surface area contributed by atoms with Crippen LogP contribution in [-0.2, 0) is 0 Å². The Bertz CT molecular complexity index is 66.9. The number of rotatable bonds is 0. The zero-order valence-electron chi connectivity index (χ0n) is 5.22. The average molecular weight is 115 g/mol. The molecule has 8 heavy (non-hydrogen) atoms. The minimum Gasteiger partial charge on any atom is -0.392 e. The standard InChI is InChI=1S/C6H13NO/c1-5-2-6(8)4-7-3-5/h5-8H,2-4H2,1H3/t5?,6-/m1/s1. The number of hydrogen-bond donors (Lipinski definition) is 2. The summed E-state index contributed by atoms with van der Waals surface area (Å²) in [6.45, 7) is 4.00. The molecule has 48 valence electrons. The zero-order valence-corrected chi connectivity index (χ0v) is 5.22. The molecule has 0 aromatic heterocycles. The number of aliphatic hydroxyl groups is 1. The Morgan fingerprint density at radius 3 is 2.62 bits per heavy atom. The van der Waals surface area contributed by atoms with Gasteiger partial charge in [-0.2, -0.15) is 0 Å². The molecule has 1 fully saturated rings. The van der Waals surface area contributed by atoms with Crippen molar-refractivity contribution in [3.8, 4) is 0 Å². The van der Waals surface area contributed by atoms with Gasteiger partial charge in [-0.3, -0.25) is 0 Å². The van der Waals surface area contributed by atoms with Crippen LogP contribution in [0.25, 0.3) is 0 Å². The molecule has 0 spiro atoms. The van der Waals surface area contributed by atoms with Crippen LogP contribution in [-0.4, -0.2) is 24.3 Å². The Hall–Kier alpha value is -0.0800. The lowest BCUT2D eigenvalue weighted by Gasteiger charge is -2.23. The van der Waals surface area contributed by atoms with Crippen molar-refractivity contribution < 1.29 is 5.11 Å². The molecule has 1 rings (SSSR count). The monoisotopic (exact) mass is 115 g/mol. The topological polar surface area (TPSA) is 32.3 Å². The maximum atomic E-state index is 9.02. The second kappa shape index (κ2) is 2.46. The van der Waals surface area contributed by atoms with Gasteiger partial charge in [0.1, 0.15) is 0 Å². The Labute approximate surface area is 49.9 Å². The number of piperidine rings is 1. The van der Waals surface area contributed by atoms with Crippen LogP contribution in [0.2, 0.25) is 0 Å². The quantitative estimate of drug-likeness (QED) is 0.465. The summed E-state index contributed by atoms with van der Waals surface area (Å²) >= 11 is 0. The maximum Gasteiger partial charge on any atom is 0.0667 e. The highest BCUT2D eigenvalue weighted by atomic mass is 16.3. The second-order valence-corrected chi connectivity index (χ2v) is 2.65. The number of aliphatic hydroxyl groups excluding tert-OH is 1. The Kier molecular flexibility index (Phi) is 1.86. The average Bonchev–Trinajstić information content (AvgIpc) is 1.64. The summed E-state index contributed by atoms with van der Waals surface area (Å²) in [7, 11) is 0. The van der Waals surface area contributed by atoms with Gasteiger partial charge in [0.05, 0.1) is 6.10 Å². The molecule has 0 amide bonds. The Morgan fingerprint density at radius 2 is 2.25 bits per heavy atom. The number of β-amino-alcohol motifs (C(OH)–C–C–N with tert-alkyl or cyclic N) is 1. The highest BCUT2D eigenvalue weighted by Crippen LogP contribution is 2.07. The van der Waals surface area contributed by atoms with Crippen LogP contribution in [0.1, 0.15) is 13.3 Å². The van der Waals surface area contributed by atoms with Gasteiger partial charge in [-0.25, -0.2) is 0 Å². The smallest absolute Gasteiger partial charge is 0.0667 e. The maximum absolute atomic E-state index is 9.02. The predicted molar refractivity (Wildman–Crippen MR) is 32.7 cm³/mol. The van der Waals surface area contributed by atoms with Crippen LogP contribution in [0.3, 0.4) is 0 Å². The lowest BCUT2D eigenvalue weighted by molar-refractivity contribution is 0.119.